The summed E-state index contributed by atoms with van der Waals surface area (Å²) in [5, 5.41) is 0.960. The van der Waals surface area contributed by atoms with E-state index in [9.17, 15) is 9.59 Å². The Kier molecular flexibility index (Phi) is 4.80. The van der Waals surface area contributed by atoms with Crippen molar-refractivity contribution in [2.75, 3.05) is 4.90 Å². The molecule has 0 spiro atoms. The molecule has 0 aliphatic rings. The molecule has 0 saturated carbocycles. The fraction of sp³-hybridized carbons (Fsp3) is 0.0833. The Bertz CT molecular complexity index is 1470. The number of carbonyl (C=O) groups is 1. The number of aryl methyl sites for hydroxylation is 1. The van der Waals surface area contributed by atoms with Crippen molar-refractivity contribution < 1.29 is 9.21 Å². The van der Waals surface area contributed by atoms with Crippen molar-refractivity contribution >= 4 is 43.6 Å². The predicted molar refractivity (Wildman–Crippen MR) is 122 cm³/mol. The van der Waals surface area contributed by atoms with Gasteiger partial charge in [0.2, 0.25) is 0 Å². The van der Waals surface area contributed by atoms with E-state index in [1.165, 1.54) is 22.3 Å². The van der Waals surface area contributed by atoms with E-state index in [-0.39, 0.29) is 17.7 Å². The number of nitrogens with zero attached hydrogens (tertiary/aromatic N) is 3. The summed E-state index contributed by atoms with van der Waals surface area (Å²) in [6.07, 6.45) is 1.68. The largest absolute Gasteiger partial charge is 0.451 e. The van der Waals surface area contributed by atoms with Crippen LogP contribution in [0.4, 0.5) is 5.13 Å². The molecule has 5 aromatic rings. The zero-order chi connectivity index (χ0) is 21.4. The van der Waals surface area contributed by atoms with Crippen molar-refractivity contribution in [2.24, 2.45) is 0 Å². The van der Waals surface area contributed by atoms with Crippen LogP contribution >= 0.6 is 11.3 Å². The van der Waals surface area contributed by atoms with Crippen molar-refractivity contribution in [3.63, 3.8) is 0 Å². The highest BCUT2D eigenvalue weighted by Gasteiger charge is 2.25. The summed E-state index contributed by atoms with van der Waals surface area (Å²) in [6.45, 7) is 2.19. The molecule has 0 aliphatic heterocycles. The molecule has 0 radical (unpaired) electrons. The fourth-order valence-electron chi connectivity index (χ4n) is 3.41. The maximum absolute atomic E-state index is 13.5. The lowest BCUT2D eigenvalue weighted by molar-refractivity contribution is 0.0958. The number of anilines is 1. The van der Waals surface area contributed by atoms with E-state index < -0.39 is 5.91 Å². The smallest absolute Gasteiger partial charge is 0.296 e. The second kappa shape index (κ2) is 7.77. The Morgan fingerprint density at radius 1 is 1.06 bits per heavy atom. The van der Waals surface area contributed by atoms with Gasteiger partial charge in [-0.2, -0.15) is 0 Å². The highest BCUT2D eigenvalue weighted by molar-refractivity contribution is 7.22. The lowest BCUT2D eigenvalue weighted by atomic mass is 10.2. The molecule has 3 heterocycles. The highest BCUT2D eigenvalue weighted by atomic mass is 32.1. The summed E-state index contributed by atoms with van der Waals surface area (Å²) < 4.78 is 6.79. The number of hydrogen-bond donors (Lipinski definition) is 0. The summed E-state index contributed by atoms with van der Waals surface area (Å²) in [7, 11) is 0. The van der Waals surface area contributed by atoms with Crippen LogP contribution in [0.5, 0.6) is 0 Å². The molecule has 0 saturated heterocycles. The third-order valence-corrected chi connectivity index (χ3v) is 6.02. The molecule has 31 heavy (non-hydrogen) atoms. The number of thiazole rings is 1. The SMILES string of the molecule is Cc1cccc2sc(N(Cc3ccccn3)C(=O)c3cc(=O)c4ccccc4o3)nc12. The second-order valence-corrected chi connectivity index (χ2v) is 8.11. The summed E-state index contributed by atoms with van der Waals surface area (Å²) in [4.78, 5) is 36.7. The maximum atomic E-state index is 13.5. The second-order valence-electron chi connectivity index (χ2n) is 7.10. The van der Waals surface area contributed by atoms with Gasteiger partial charge in [-0.15, -0.1) is 0 Å². The molecule has 6 nitrogen and oxygen atoms in total. The van der Waals surface area contributed by atoms with Crippen LogP contribution in [0.1, 0.15) is 21.8 Å². The quantitative estimate of drug-likeness (QED) is 0.405. The molecule has 0 unspecified atom stereocenters. The van der Waals surface area contributed by atoms with Crippen molar-refractivity contribution in [2.45, 2.75) is 13.5 Å². The maximum Gasteiger partial charge on any atom is 0.296 e. The average Bonchev–Trinajstić information content (AvgIpc) is 3.23. The van der Waals surface area contributed by atoms with E-state index in [2.05, 4.69) is 4.98 Å². The normalized spacial score (nSPS) is 11.1. The van der Waals surface area contributed by atoms with Gasteiger partial charge in [0.15, 0.2) is 16.3 Å². The van der Waals surface area contributed by atoms with E-state index in [1.54, 1.807) is 30.5 Å². The molecule has 0 fully saturated rings. The highest BCUT2D eigenvalue weighted by Crippen LogP contribution is 2.32. The van der Waals surface area contributed by atoms with E-state index in [0.29, 0.717) is 21.8 Å². The van der Waals surface area contributed by atoms with Gasteiger partial charge in [0, 0.05) is 12.3 Å². The molecule has 0 N–H and O–H groups in total. The summed E-state index contributed by atoms with van der Waals surface area (Å²) in [5.74, 6) is -0.471. The number of pyridine rings is 1. The van der Waals surface area contributed by atoms with E-state index in [4.69, 9.17) is 9.40 Å². The molecule has 0 aliphatic carbocycles. The minimum Gasteiger partial charge on any atom is -0.451 e. The van der Waals surface area contributed by atoms with Gasteiger partial charge in [-0.25, -0.2) is 4.98 Å². The van der Waals surface area contributed by atoms with Gasteiger partial charge in [0.1, 0.15) is 5.58 Å². The summed E-state index contributed by atoms with van der Waals surface area (Å²) in [5.41, 5.74) is 2.69. The van der Waals surface area contributed by atoms with Gasteiger partial charge in [0.25, 0.3) is 5.91 Å². The topological polar surface area (TPSA) is 76.3 Å². The number of para-hydroxylation sites is 2. The number of hydrogen-bond acceptors (Lipinski definition) is 6. The number of rotatable bonds is 4. The Hall–Kier alpha value is -3.84. The third-order valence-electron chi connectivity index (χ3n) is 4.98. The van der Waals surface area contributed by atoms with E-state index >= 15 is 0 Å². The number of benzene rings is 2. The molecule has 1 amide bonds. The number of amides is 1. The number of carbonyl (C=O) groups excluding carboxylic acids is 1. The Labute approximate surface area is 181 Å². The van der Waals surface area contributed by atoms with Crippen LogP contribution in [0, 0.1) is 6.92 Å². The van der Waals surface area contributed by atoms with Crippen LogP contribution < -0.4 is 10.3 Å². The molecule has 3 aromatic heterocycles. The van der Waals surface area contributed by atoms with Crippen LogP contribution in [0.3, 0.4) is 0 Å². The van der Waals surface area contributed by atoms with Crippen LogP contribution in [0.15, 0.2) is 82.1 Å². The predicted octanol–water partition coefficient (Wildman–Crippen LogP) is 4.95. The molecule has 5 rings (SSSR count). The standard InChI is InChI=1S/C24H17N3O3S/c1-15-7-6-11-21-22(15)26-24(31-21)27(14-16-8-4-5-12-25-16)23(29)20-13-18(28)17-9-2-3-10-19(17)30-20/h2-13H,14H2,1H3. The van der Waals surface area contributed by atoms with Crippen LogP contribution in [-0.4, -0.2) is 15.9 Å². The van der Waals surface area contributed by atoms with E-state index in [0.717, 1.165) is 15.8 Å². The van der Waals surface area contributed by atoms with Crippen molar-refractivity contribution in [3.05, 3.63) is 100 Å². The minimum absolute atomic E-state index is 0.0318. The Morgan fingerprint density at radius 2 is 1.90 bits per heavy atom. The average molecular weight is 427 g/mol. The first-order valence-corrected chi connectivity index (χ1v) is 10.5. The first-order valence-electron chi connectivity index (χ1n) is 9.71. The first-order chi connectivity index (χ1) is 15.1. The van der Waals surface area contributed by atoms with Gasteiger partial charge in [-0.3, -0.25) is 19.5 Å². The van der Waals surface area contributed by atoms with Gasteiger partial charge in [-0.05, 0) is 42.8 Å². The van der Waals surface area contributed by atoms with Crippen molar-refractivity contribution in [3.8, 4) is 0 Å². The lowest BCUT2D eigenvalue weighted by Gasteiger charge is -2.19. The number of fused-ring (bicyclic) bond motifs is 2. The van der Waals surface area contributed by atoms with Gasteiger partial charge < -0.3 is 4.42 Å². The van der Waals surface area contributed by atoms with Gasteiger partial charge >= 0.3 is 0 Å². The van der Waals surface area contributed by atoms with Crippen molar-refractivity contribution in [1.29, 1.82) is 0 Å². The van der Waals surface area contributed by atoms with Crippen molar-refractivity contribution in [1.82, 2.24) is 9.97 Å². The first kappa shape index (κ1) is 19.1. The zero-order valence-corrected chi connectivity index (χ0v) is 17.4. The fourth-order valence-corrected chi connectivity index (χ4v) is 4.45. The molecule has 7 heteroatoms. The Balaban J connectivity index is 1.63. The van der Waals surface area contributed by atoms with Crippen LogP contribution in [-0.2, 0) is 6.54 Å². The van der Waals surface area contributed by atoms with E-state index in [1.807, 2.05) is 43.3 Å². The molecule has 152 valence electrons. The van der Waals surface area contributed by atoms with Gasteiger partial charge in [-0.1, -0.05) is 41.7 Å². The third kappa shape index (κ3) is 3.60. The van der Waals surface area contributed by atoms with Crippen LogP contribution in [0.25, 0.3) is 21.2 Å². The molecular formula is C24H17N3O3S. The lowest BCUT2D eigenvalue weighted by Crippen LogP contribution is -2.31. The zero-order valence-electron chi connectivity index (χ0n) is 16.6. The molecule has 2 aromatic carbocycles. The Morgan fingerprint density at radius 3 is 2.71 bits per heavy atom. The monoisotopic (exact) mass is 427 g/mol. The number of aromatic nitrogens is 2. The molecule has 0 atom stereocenters. The molecule has 0 bridgehead atoms. The minimum atomic E-state index is -0.440. The van der Waals surface area contributed by atoms with Crippen LogP contribution in [0.2, 0.25) is 0 Å². The summed E-state index contributed by atoms with van der Waals surface area (Å²) in [6, 6.07) is 19.6. The molecular weight excluding hydrogens is 410 g/mol. The van der Waals surface area contributed by atoms with Gasteiger partial charge in [0.05, 0.1) is 27.8 Å². The summed E-state index contributed by atoms with van der Waals surface area (Å²) >= 11 is 1.42.